The van der Waals surface area contributed by atoms with Crippen LogP contribution in [-0.4, -0.2) is 18.2 Å². The molecule has 0 fully saturated rings. The number of alkyl halides is 3. The van der Waals surface area contributed by atoms with Crippen molar-refractivity contribution in [3.05, 3.63) is 95.1 Å². The van der Waals surface area contributed by atoms with E-state index in [0.717, 1.165) is 17.0 Å². The molecule has 2 amide bonds. The van der Waals surface area contributed by atoms with Crippen LogP contribution < -0.4 is 15.0 Å². The van der Waals surface area contributed by atoms with Gasteiger partial charge >= 0.3 is 6.36 Å². The molecule has 5 nitrogen and oxygen atoms in total. The van der Waals surface area contributed by atoms with Gasteiger partial charge in [0.25, 0.3) is 11.8 Å². The normalized spacial score (nSPS) is 14.2. The average Bonchev–Trinajstić information content (AvgIpc) is 2.98. The van der Waals surface area contributed by atoms with Crippen molar-refractivity contribution in [2.24, 2.45) is 0 Å². The predicted octanol–water partition coefficient (Wildman–Crippen LogP) is 5.64. The van der Waals surface area contributed by atoms with Crippen molar-refractivity contribution in [2.45, 2.75) is 6.36 Å². The number of anilines is 2. The molecule has 3 aromatic rings. The smallest absolute Gasteiger partial charge is 0.406 e. The second-order valence-electron chi connectivity index (χ2n) is 6.71. The van der Waals surface area contributed by atoms with Gasteiger partial charge in [0.05, 0.1) is 16.3 Å². The highest BCUT2D eigenvalue weighted by atomic mass is 35.5. The maximum Gasteiger partial charge on any atom is 0.573 e. The molecule has 0 spiro atoms. The molecule has 0 saturated heterocycles. The van der Waals surface area contributed by atoms with Crippen LogP contribution in [0.1, 0.15) is 5.56 Å². The van der Waals surface area contributed by atoms with Gasteiger partial charge in [-0.1, -0.05) is 60.1 Å². The van der Waals surface area contributed by atoms with Gasteiger partial charge in [-0.15, -0.1) is 13.2 Å². The first kappa shape index (κ1) is 21.5. The van der Waals surface area contributed by atoms with Crippen LogP contribution >= 0.6 is 11.6 Å². The van der Waals surface area contributed by atoms with Crippen LogP contribution in [0.3, 0.4) is 0 Å². The van der Waals surface area contributed by atoms with Crippen molar-refractivity contribution in [3.63, 3.8) is 0 Å². The number of carbonyl (C=O) groups is 2. The Balaban J connectivity index is 1.77. The van der Waals surface area contributed by atoms with Gasteiger partial charge in [-0.05, 0) is 29.8 Å². The first-order valence-corrected chi connectivity index (χ1v) is 9.68. The molecule has 1 aliphatic rings. The SMILES string of the molecule is O=C1C(Nc2cccc(OC(F)(F)F)c2)=C(c2ccccc2)C(=O)N1c1ccccc1Cl. The van der Waals surface area contributed by atoms with Crippen LogP contribution in [0.5, 0.6) is 5.75 Å². The van der Waals surface area contributed by atoms with Crippen LogP contribution in [0, 0.1) is 0 Å². The Hall–Kier alpha value is -3.78. The lowest BCUT2D eigenvalue weighted by Gasteiger charge is -2.17. The molecule has 32 heavy (non-hydrogen) atoms. The summed E-state index contributed by atoms with van der Waals surface area (Å²) in [5.74, 6) is -1.77. The van der Waals surface area contributed by atoms with Crippen LogP contribution in [0.4, 0.5) is 24.5 Å². The van der Waals surface area contributed by atoms with Crippen LogP contribution in [0.15, 0.2) is 84.6 Å². The van der Waals surface area contributed by atoms with Crippen molar-refractivity contribution in [1.29, 1.82) is 0 Å². The Morgan fingerprint density at radius 2 is 1.53 bits per heavy atom. The summed E-state index contributed by atoms with van der Waals surface area (Å²) in [7, 11) is 0. The first-order valence-electron chi connectivity index (χ1n) is 9.30. The summed E-state index contributed by atoms with van der Waals surface area (Å²) in [5, 5.41) is 2.99. The molecule has 0 saturated carbocycles. The Kier molecular flexibility index (Phi) is 5.63. The first-order chi connectivity index (χ1) is 15.2. The number of carbonyl (C=O) groups excluding carboxylic acids is 2. The van der Waals surface area contributed by atoms with Crippen LogP contribution in [0.25, 0.3) is 5.57 Å². The van der Waals surface area contributed by atoms with E-state index in [9.17, 15) is 22.8 Å². The maximum atomic E-state index is 13.3. The third kappa shape index (κ3) is 4.31. The van der Waals surface area contributed by atoms with Crippen molar-refractivity contribution in [3.8, 4) is 5.75 Å². The number of nitrogens with one attached hydrogen (secondary N) is 1. The molecule has 0 radical (unpaired) electrons. The lowest BCUT2D eigenvalue weighted by Crippen LogP contribution is -2.32. The molecule has 0 aliphatic carbocycles. The number of ether oxygens (including phenoxy) is 1. The zero-order valence-corrected chi connectivity index (χ0v) is 16.9. The number of rotatable bonds is 5. The summed E-state index contributed by atoms with van der Waals surface area (Å²) in [4.78, 5) is 27.5. The molecule has 1 aliphatic heterocycles. The molecule has 0 bridgehead atoms. The van der Waals surface area contributed by atoms with Crippen LogP contribution in [0.2, 0.25) is 5.02 Å². The van der Waals surface area contributed by atoms with E-state index in [-0.39, 0.29) is 27.7 Å². The van der Waals surface area contributed by atoms with E-state index in [0.29, 0.717) is 5.56 Å². The number of nitrogens with zero attached hydrogens (tertiary/aromatic N) is 1. The van der Waals surface area contributed by atoms with Crippen LogP contribution in [-0.2, 0) is 9.59 Å². The quantitative estimate of drug-likeness (QED) is 0.503. The highest BCUT2D eigenvalue weighted by Crippen LogP contribution is 2.37. The minimum absolute atomic E-state index is 0.0673. The summed E-state index contributed by atoms with van der Waals surface area (Å²) < 4.78 is 41.7. The Morgan fingerprint density at radius 1 is 0.844 bits per heavy atom. The number of benzene rings is 3. The minimum Gasteiger partial charge on any atom is -0.406 e. The predicted molar refractivity (Wildman–Crippen MR) is 114 cm³/mol. The zero-order valence-electron chi connectivity index (χ0n) is 16.2. The number of hydrogen-bond acceptors (Lipinski definition) is 4. The van der Waals surface area contributed by atoms with E-state index < -0.39 is 23.9 Å². The summed E-state index contributed by atoms with van der Waals surface area (Å²) >= 11 is 6.21. The van der Waals surface area contributed by atoms with Gasteiger partial charge in [-0.25, -0.2) is 4.90 Å². The number of halogens is 4. The molecule has 4 rings (SSSR count). The molecule has 1 heterocycles. The Labute approximate surface area is 185 Å². The van der Waals surface area contributed by atoms with E-state index in [4.69, 9.17) is 11.6 Å². The molecular formula is C23H14ClF3N2O3. The van der Waals surface area contributed by atoms with E-state index >= 15 is 0 Å². The second kappa shape index (κ2) is 8.39. The highest BCUT2D eigenvalue weighted by molar-refractivity contribution is 6.48. The molecule has 0 unspecified atom stereocenters. The third-order valence-electron chi connectivity index (χ3n) is 4.58. The maximum absolute atomic E-state index is 13.3. The summed E-state index contributed by atoms with van der Waals surface area (Å²) in [6.07, 6.45) is -4.87. The number of imide groups is 1. The molecular weight excluding hydrogens is 445 g/mol. The molecule has 0 aromatic heterocycles. The summed E-state index contributed by atoms with van der Waals surface area (Å²) in [5.41, 5.74) is 0.773. The van der Waals surface area contributed by atoms with E-state index in [1.54, 1.807) is 48.5 Å². The fourth-order valence-corrected chi connectivity index (χ4v) is 3.51. The minimum atomic E-state index is -4.87. The summed E-state index contributed by atoms with van der Waals surface area (Å²) in [6.45, 7) is 0. The molecule has 0 atom stereocenters. The van der Waals surface area contributed by atoms with Gasteiger partial charge in [0, 0.05) is 11.8 Å². The molecule has 1 N–H and O–H groups in total. The van der Waals surface area contributed by atoms with Crippen molar-refractivity contribution in [2.75, 3.05) is 10.2 Å². The standard InChI is InChI=1S/C23H14ClF3N2O3/c24-17-11-4-5-12-18(17)29-21(30)19(14-7-2-1-3-8-14)20(22(29)31)28-15-9-6-10-16(13-15)32-23(25,26)27/h1-13,28H. The van der Waals surface area contributed by atoms with Crippen molar-refractivity contribution in [1.82, 2.24) is 0 Å². The van der Waals surface area contributed by atoms with Gasteiger partial charge in [0.2, 0.25) is 0 Å². The van der Waals surface area contributed by atoms with Crippen molar-refractivity contribution >= 4 is 40.4 Å². The summed E-state index contributed by atoms with van der Waals surface area (Å²) in [6, 6.07) is 19.8. The van der Waals surface area contributed by atoms with Gasteiger partial charge in [0.1, 0.15) is 11.4 Å². The Morgan fingerprint density at radius 3 is 2.22 bits per heavy atom. The Bertz CT molecular complexity index is 1230. The average molecular weight is 459 g/mol. The topological polar surface area (TPSA) is 58.6 Å². The molecule has 9 heteroatoms. The number of para-hydroxylation sites is 1. The number of amides is 2. The van der Waals surface area contributed by atoms with Crippen molar-refractivity contribution < 1.29 is 27.5 Å². The molecule has 3 aromatic carbocycles. The van der Waals surface area contributed by atoms with Gasteiger partial charge in [0.15, 0.2) is 0 Å². The van der Waals surface area contributed by atoms with E-state index in [2.05, 4.69) is 10.1 Å². The van der Waals surface area contributed by atoms with Gasteiger partial charge in [-0.2, -0.15) is 0 Å². The third-order valence-corrected chi connectivity index (χ3v) is 4.90. The van der Waals surface area contributed by atoms with E-state index in [1.807, 2.05) is 0 Å². The zero-order chi connectivity index (χ0) is 22.9. The second-order valence-corrected chi connectivity index (χ2v) is 7.12. The fourth-order valence-electron chi connectivity index (χ4n) is 3.29. The number of hydrogen-bond donors (Lipinski definition) is 1. The van der Waals surface area contributed by atoms with Gasteiger partial charge in [-0.3, -0.25) is 9.59 Å². The largest absolute Gasteiger partial charge is 0.573 e. The van der Waals surface area contributed by atoms with E-state index in [1.165, 1.54) is 18.2 Å². The lowest BCUT2D eigenvalue weighted by molar-refractivity contribution is -0.274. The lowest BCUT2D eigenvalue weighted by atomic mass is 10.0. The molecule has 162 valence electrons. The highest BCUT2D eigenvalue weighted by Gasteiger charge is 2.41. The fraction of sp³-hybridized carbons (Fsp3) is 0.0435. The monoisotopic (exact) mass is 458 g/mol. The van der Waals surface area contributed by atoms with Gasteiger partial charge < -0.3 is 10.1 Å².